The maximum absolute atomic E-state index is 4.70. The Morgan fingerprint density at radius 1 is 0.509 bits per heavy atom. The minimum Gasteiger partial charge on any atom is -0.687 e. The predicted molar refractivity (Wildman–Crippen MR) is 226 cm³/mol. The number of aromatic nitrogens is 1. The summed E-state index contributed by atoms with van der Waals surface area (Å²) in [6, 6.07) is 54.6. The fourth-order valence-corrected chi connectivity index (χ4v) is 9.14. The van der Waals surface area contributed by atoms with Gasteiger partial charge in [0.15, 0.2) is 0 Å². The molecule has 0 saturated carbocycles. The van der Waals surface area contributed by atoms with Crippen molar-refractivity contribution in [2.24, 2.45) is 0 Å². The summed E-state index contributed by atoms with van der Waals surface area (Å²) in [4.78, 5) is 0. The topological polar surface area (TPSA) is 19.0 Å². The van der Waals surface area contributed by atoms with Gasteiger partial charge in [-0.15, -0.1) is 6.54 Å². The lowest BCUT2D eigenvalue weighted by Gasteiger charge is -2.24. The molecule has 0 N–H and O–H groups in total. The highest BCUT2D eigenvalue weighted by molar-refractivity contribution is 6.25. The molecular formula is C51H35N2-. The van der Waals surface area contributed by atoms with Gasteiger partial charge in [-0.2, -0.15) is 6.20 Å². The second-order valence-corrected chi connectivity index (χ2v) is 14.3. The number of nitrogens with zero attached hydrogens (tertiary/aromatic N) is 2. The fourth-order valence-electron chi connectivity index (χ4n) is 9.14. The molecule has 0 spiro atoms. The first-order chi connectivity index (χ1) is 26.3. The summed E-state index contributed by atoms with van der Waals surface area (Å²) in [7, 11) is 0. The van der Waals surface area contributed by atoms with Gasteiger partial charge in [0.05, 0.1) is 6.04 Å². The zero-order valence-electron chi connectivity index (χ0n) is 29.2. The van der Waals surface area contributed by atoms with E-state index in [4.69, 9.17) is 5.32 Å². The monoisotopic (exact) mass is 675 g/mol. The van der Waals surface area contributed by atoms with E-state index in [1.54, 1.807) is 0 Å². The van der Waals surface area contributed by atoms with Gasteiger partial charge in [0.25, 0.3) is 0 Å². The Bertz CT molecular complexity index is 3030. The van der Waals surface area contributed by atoms with Crippen LogP contribution in [-0.2, 0) is 6.54 Å². The van der Waals surface area contributed by atoms with Crippen molar-refractivity contribution in [3.8, 4) is 33.4 Å². The van der Waals surface area contributed by atoms with Crippen molar-refractivity contribution < 1.29 is 0 Å². The van der Waals surface area contributed by atoms with Crippen LogP contribution in [0.3, 0.4) is 0 Å². The van der Waals surface area contributed by atoms with Crippen LogP contribution in [0.1, 0.15) is 23.7 Å². The van der Waals surface area contributed by atoms with Crippen molar-refractivity contribution in [3.63, 3.8) is 0 Å². The van der Waals surface area contributed by atoms with Crippen molar-refractivity contribution in [3.05, 3.63) is 193 Å². The number of hydrogen-bond donors (Lipinski definition) is 0. The van der Waals surface area contributed by atoms with Crippen LogP contribution in [-0.4, -0.2) is 4.57 Å². The summed E-state index contributed by atoms with van der Waals surface area (Å²) in [6.07, 6.45) is 14.1. The molecule has 1 atom stereocenters. The van der Waals surface area contributed by atoms with Gasteiger partial charge in [-0.25, -0.2) is 0 Å². The quantitative estimate of drug-likeness (QED) is 0.165. The van der Waals surface area contributed by atoms with Crippen LogP contribution < -0.4 is 0 Å². The summed E-state index contributed by atoms with van der Waals surface area (Å²) in [5, 5.41) is 16.1. The molecule has 1 aliphatic carbocycles. The third kappa shape index (κ3) is 4.65. The molecule has 250 valence electrons. The molecule has 0 bridgehead atoms. The zero-order chi connectivity index (χ0) is 34.9. The lowest BCUT2D eigenvalue weighted by atomic mass is 9.83. The van der Waals surface area contributed by atoms with Gasteiger partial charge in [-0.1, -0.05) is 158 Å². The minimum atomic E-state index is 0.296. The summed E-state index contributed by atoms with van der Waals surface area (Å²) < 4.78 is 2.52. The number of rotatable bonds is 4. The molecule has 0 amide bonds. The standard InChI is InChI=1S/C51H35N2/c1-2-16-37(17-3-1)53-48-27-25-36(30-45(48)47-32-52-29-28-49(47)53)35-24-26-44-46(31-35)51(41-23-11-15-34-13-5-7-19-39(34)41)43-21-9-8-20-42(43)50(44)40-22-10-14-33-12-4-6-18-38(33)40/h1-16,18-31,37H,17,32H2/q-1. The lowest BCUT2D eigenvalue weighted by molar-refractivity contribution is 0.622. The Balaban J connectivity index is 1.22. The van der Waals surface area contributed by atoms with E-state index in [1.165, 1.54) is 98.6 Å². The highest BCUT2D eigenvalue weighted by Crippen LogP contribution is 2.48. The molecule has 2 nitrogen and oxygen atoms in total. The van der Waals surface area contributed by atoms with E-state index in [-0.39, 0.29) is 0 Å². The van der Waals surface area contributed by atoms with E-state index >= 15 is 0 Å². The van der Waals surface area contributed by atoms with Crippen LogP contribution in [0.5, 0.6) is 0 Å². The third-order valence-corrected chi connectivity index (χ3v) is 11.5. The van der Waals surface area contributed by atoms with Gasteiger partial charge in [0.1, 0.15) is 0 Å². The molecule has 1 aromatic heterocycles. The van der Waals surface area contributed by atoms with Gasteiger partial charge >= 0.3 is 0 Å². The van der Waals surface area contributed by atoms with Crippen LogP contribution in [0.25, 0.3) is 98.8 Å². The Hall–Kier alpha value is -6.64. The molecule has 1 unspecified atom stereocenters. The van der Waals surface area contributed by atoms with E-state index in [0.717, 1.165) is 6.42 Å². The number of hydrogen-bond acceptors (Lipinski definition) is 0. The van der Waals surface area contributed by atoms with Crippen LogP contribution in [0.4, 0.5) is 0 Å². The van der Waals surface area contributed by atoms with E-state index in [1.807, 2.05) is 6.20 Å². The Labute approximate surface area is 308 Å². The SMILES string of the molecule is C1=CCC(n2c3c(c4cc(-c5ccc6c(-c7cccc8ccccc78)c7ccccc7c(-c7cccc8ccccc78)c6c5)ccc42)C[N-]C=C3)C=C1. The molecule has 8 aromatic carbocycles. The Morgan fingerprint density at radius 2 is 1.09 bits per heavy atom. The van der Waals surface area contributed by atoms with Crippen molar-refractivity contribution >= 4 is 60.1 Å². The van der Waals surface area contributed by atoms with E-state index < -0.39 is 0 Å². The van der Waals surface area contributed by atoms with Gasteiger partial charge in [-0.3, -0.25) is 0 Å². The van der Waals surface area contributed by atoms with Crippen LogP contribution in [0.15, 0.2) is 176 Å². The molecule has 9 aromatic rings. The highest BCUT2D eigenvalue weighted by atomic mass is 15.0. The maximum atomic E-state index is 4.70. The number of allylic oxidation sites excluding steroid dienone is 4. The average molecular weight is 676 g/mol. The van der Waals surface area contributed by atoms with Gasteiger partial charge in [0, 0.05) is 16.6 Å². The molecule has 1 aliphatic heterocycles. The molecule has 53 heavy (non-hydrogen) atoms. The molecule has 0 saturated heterocycles. The second-order valence-electron chi connectivity index (χ2n) is 14.3. The van der Waals surface area contributed by atoms with Crippen LogP contribution in [0.2, 0.25) is 0 Å². The largest absolute Gasteiger partial charge is 0.687 e. The van der Waals surface area contributed by atoms with Gasteiger partial charge < -0.3 is 9.88 Å². The molecule has 0 radical (unpaired) electrons. The van der Waals surface area contributed by atoms with Crippen molar-refractivity contribution in [2.45, 2.75) is 19.0 Å². The summed E-state index contributed by atoms with van der Waals surface area (Å²) in [6.45, 7) is 0.703. The third-order valence-electron chi connectivity index (χ3n) is 11.5. The van der Waals surface area contributed by atoms with Crippen LogP contribution >= 0.6 is 0 Å². The van der Waals surface area contributed by atoms with Crippen molar-refractivity contribution in [2.75, 3.05) is 0 Å². The summed E-state index contributed by atoms with van der Waals surface area (Å²) in [5.41, 5.74) is 11.4. The lowest BCUT2D eigenvalue weighted by Crippen LogP contribution is -2.09. The van der Waals surface area contributed by atoms with E-state index in [9.17, 15) is 0 Å². The molecular weight excluding hydrogens is 641 g/mol. The van der Waals surface area contributed by atoms with Gasteiger partial charge in [0.2, 0.25) is 0 Å². The first kappa shape index (κ1) is 30.0. The maximum Gasteiger partial charge on any atom is 0.0560 e. The number of fused-ring (bicyclic) bond motifs is 7. The molecule has 2 heterocycles. The molecule has 11 rings (SSSR count). The Morgan fingerprint density at radius 3 is 1.77 bits per heavy atom. The summed E-state index contributed by atoms with van der Waals surface area (Å²) >= 11 is 0. The molecule has 2 aliphatic rings. The van der Waals surface area contributed by atoms with E-state index in [2.05, 4.69) is 181 Å². The smallest absolute Gasteiger partial charge is 0.0560 e. The Kier molecular flexibility index (Phi) is 6.78. The first-order valence-corrected chi connectivity index (χ1v) is 18.6. The zero-order valence-corrected chi connectivity index (χ0v) is 29.2. The normalized spacial score (nSPS) is 15.1. The first-order valence-electron chi connectivity index (χ1n) is 18.6. The molecule has 2 heteroatoms. The van der Waals surface area contributed by atoms with Crippen molar-refractivity contribution in [1.29, 1.82) is 0 Å². The van der Waals surface area contributed by atoms with Crippen LogP contribution in [0, 0.1) is 0 Å². The summed E-state index contributed by atoms with van der Waals surface area (Å²) in [5.74, 6) is 0. The predicted octanol–water partition coefficient (Wildman–Crippen LogP) is 14.2. The van der Waals surface area contributed by atoms with Crippen molar-refractivity contribution in [1.82, 2.24) is 4.57 Å². The van der Waals surface area contributed by atoms with E-state index in [0.29, 0.717) is 12.6 Å². The van der Waals surface area contributed by atoms with Gasteiger partial charge in [-0.05, 0) is 107 Å². The highest BCUT2D eigenvalue weighted by Gasteiger charge is 2.22. The average Bonchev–Trinajstić information content (AvgIpc) is 3.56. The minimum absolute atomic E-state index is 0.296. The molecule has 0 fully saturated rings. The second kappa shape index (κ2) is 12.0. The fraction of sp³-hybridized carbons (Fsp3) is 0.0588. The number of benzene rings is 8.